The van der Waals surface area contributed by atoms with Crippen molar-refractivity contribution in [2.45, 2.75) is 24.4 Å². The number of hydrogen-bond donors (Lipinski definition) is 1. The van der Waals surface area contributed by atoms with Crippen LogP contribution in [0.3, 0.4) is 0 Å². The molecule has 1 saturated carbocycles. The Morgan fingerprint density at radius 1 is 1.22 bits per heavy atom. The van der Waals surface area contributed by atoms with Crippen LogP contribution in [0.5, 0.6) is 0 Å². The Labute approximate surface area is 179 Å². The van der Waals surface area contributed by atoms with Crippen molar-refractivity contribution in [2.75, 3.05) is 31.1 Å². The number of carbonyl (C=O) groups excluding carboxylic acids is 1. The Hall–Kier alpha value is -3.31. The number of ether oxygens (including phenoxy) is 1. The SMILES string of the molecule is Cn1cc(-c2cc3c(N4CCN(C(=O)OC5CC(F)(F)C5(F)F)CC4)ccnc3[nH]2)cn1. The van der Waals surface area contributed by atoms with Gasteiger partial charge in [-0.3, -0.25) is 4.68 Å². The highest BCUT2D eigenvalue weighted by Crippen LogP contribution is 2.52. The third-order valence-corrected chi connectivity index (χ3v) is 5.98. The standard InChI is InChI=1S/C20H20F4N6O2/c1-28-11-12(10-26-28)14-8-13-15(2-3-25-17(13)27-14)29-4-6-30(7-5-29)18(31)32-16-9-19(21,22)20(16,23)24/h2-3,8,10-11,16H,4-7,9H2,1H3,(H,25,27). The molecular formula is C20H20F4N6O2. The highest BCUT2D eigenvalue weighted by Gasteiger charge is 2.74. The van der Waals surface area contributed by atoms with Gasteiger partial charge in [0, 0.05) is 62.3 Å². The molecular weight excluding hydrogens is 432 g/mol. The van der Waals surface area contributed by atoms with Crippen molar-refractivity contribution in [3.8, 4) is 11.3 Å². The van der Waals surface area contributed by atoms with E-state index >= 15 is 0 Å². The predicted octanol–water partition coefficient (Wildman–Crippen LogP) is 3.26. The van der Waals surface area contributed by atoms with Crippen LogP contribution in [0.25, 0.3) is 22.3 Å². The minimum Gasteiger partial charge on any atom is -0.439 e. The average Bonchev–Trinajstić information content (AvgIpc) is 3.39. The summed E-state index contributed by atoms with van der Waals surface area (Å²) < 4.78 is 59.1. The van der Waals surface area contributed by atoms with Crippen LogP contribution >= 0.6 is 0 Å². The smallest absolute Gasteiger partial charge is 0.410 e. The molecule has 8 nitrogen and oxygen atoms in total. The molecule has 12 heteroatoms. The molecule has 3 aromatic rings. The van der Waals surface area contributed by atoms with Gasteiger partial charge in [-0.1, -0.05) is 0 Å². The van der Waals surface area contributed by atoms with Crippen LogP contribution in [0.1, 0.15) is 6.42 Å². The van der Waals surface area contributed by atoms with Crippen LogP contribution in [0, 0.1) is 0 Å². The lowest BCUT2D eigenvalue weighted by atomic mass is 9.85. The number of halogens is 4. The quantitative estimate of drug-likeness (QED) is 0.618. The molecule has 1 atom stereocenters. The van der Waals surface area contributed by atoms with Gasteiger partial charge in [0.15, 0.2) is 6.10 Å². The number of amides is 1. The molecule has 3 aromatic heterocycles. The highest BCUT2D eigenvalue weighted by molar-refractivity contribution is 5.93. The zero-order valence-electron chi connectivity index (χ0n) is 17.1. The van der Waals surface area contributed by atoms with Crippen LogP contribution < -0.4 is 4.90 Å². The number of carbonyl (C=O) groups is 1. The number of pyridine rings is 1. The minimum atomic E-state index is -4.33. The average molecular weight is 452 g/mol. The van der Waals surface area contributed by atoms with Crippen LogP contribution in [0.2, 0.25) is 0 Å². The second-order valence-electron chi connectivity index (χ2n) is 8.06. The number of aromatic amines is 1. The summed E-state index contributed by atoms with van der Waals surface area (Å²) in [6.45, 7) is 1.30. The maximum atomic E-state index is 13.4. The summed E-state index contributed by atoms with van der Waals surface area (Å²) in [4.78, 5) is 23.2. The van der Waals surface area contributed by atoms with Gasteiger partial charge in [-0.2, -0.15) is 22.7 Å². The van der Waals surface area contributed by atoms with Crippen molar-refractivity contribution in [2.24, 2.45) is 7.05 Å². The minimum absolute atomic E-state index is 0.219. The van der Waals surface area contributed by atoms with E-state index in [-0.39, 0.29) is 13.1 Å². The van der Waals surface area contributed by atoms with Gasteiger partial charge in [0.2, 0.25) is 0 Å². The molecule has 1 aliphatic carbocycles. The Bertz CT molecular complexity index is 1170. The number of anilines is 1. The van der Waals surface area contributed by atoms with Gasteiger partial charge >= 0.3 is 17.9 Å². The van der Waals surface area contributed by atoms with E-state index in [1.807, 2.05) is 25.4 Å². The van der Waals surface area contributed by atoms with Gasteiger partial charge in [0.05, 0.1) is 18.3 Å². The highest BCUT2D eigenvalue weighted by atomic mass is 19.3. The van der Waals surface area contributed by atoms with Crippen LogP contribution in [-0.2, 0) is 11.8 Å². The molecule has 2 aliphatic rings. The number of nitrogens with zero attached hydrogens (tertiary/aromatic N) is 5. The second kappa shape index (κ2) is 7.10. The monoisotopic (exact) mass is 452 g/mol. The van der Waals surface area contributed by atoms with E-state index in [1.165, 1.54) is 4.90 Å². The number of fused-ring (bicyclic) bond motifs is 1. The van der Waals surface area contributed by atoms with Crippen molar-refractivity contribution < 1.29 is 27.1 Å². The van der Waals surface area contributed by atoms with Gasteiger partial charge in [-0.25, -0.2) is 9.78 Å². The summed E-state index contributed by atoms with van der Waals surface area (Å²) in [5.74, 6) is -8.46. The van der Waals surface area contributed by atoms with E-state index in [4.69, 9.17) is 0 Å². The topological polar surface area (TPSA) is 79.3 Å². The summed E-state index contributed by atoms with van der Waals surface area (Å²) in [7, 11) is 1.83. The first-order valence-electron chi connectivity index (χ1n) is 10.1. The first kappa shape index (κ1) is 20.6. The largest absolute Gasteiger partial charge is 0.439 e. The molecule has 0 aromatic carbocycles. The number of aromatic nitrogens is 4. The molecule has 5 rings (SSSR count). The maximum absolute atomic E-state index is 13.4. The summed E-state index contributed by atoms with van der Waals surface area (Å²) >= 11 is 0. The van der Waals surface area contributed by atoms with Crippen molar-refractivity contribution in [1.82, 2.24) is 24.6 Å². The number of rotatable bonds is 3. The normalized spacial score (nSPS) is 22.1. The van der Waals surface area contributed by atoms with Crippen LogP contribution in [0.4, 0.5) is 28.0 Å². The molecule has 1 aliphatic heterocycles. The number of piperazine rings is 1. The molecule has 1 unspecified atom stereocenters. The second-order valence-corrected chi connectivity index (χ2v) is 8.06. The molecule has 0 spiro atoms. The van der Waals surface area contributed by atoms with Gasteiger partial charge in [0.25, 0.3) is 0 Å². The van der Waals surface area contributed by atoms with Crippen molar-refractivity contribution >= 4 is 22.8 Å². The van der Waals surface area contributed by atoms with E-state index in [0.717, 1.165) is 22.3 Å². The molecule has 1 amide bonds. The molecule has 4 heterocycles. The summed E-state index contributed by atoms with van der Waals surface area (Å²) in [5, 5.41) is 5.08. The number of aryl methyl sites for hydroxylation is 1. The number of alkyl halides is 4. The number of nitrogens with one attached hydrogen (secondary N) is 1. The first-order valence-corrected chi connectivity index (χ1v) is 10.1. The Morgan fingerprint density at radius 3 is 2.59 bits per heavy atom. The summed E-state index contributed by atoms with van der Waals surface area (Å²) in [5.41, 5.74) is 3.41. The van der Waals surface area contributed by atoms with E-state index in [2.05, 4.69) is 24.7 Å². The predicted molar refractivity (Wildman–Crippen MR) is 107 cm³/mol. The fraction of sp³-hybridized carbons (Fsp3) is 0.450. The maximum Gasteiger partial charge on any atom is 0.410 e. The van der Waals surface area contributed by atoms with Crippen molar-refractivity contribution in [3.05, 3.63) is 30.7 Å². The van der Waals surface area contributed by atoms with E-state index in [0.29, 0.717) is 18.7 Å². The summed E-state index contributed by atoms with van der Waals surface area (Å²) in [6.07, 6.45) is 1.07. The Kier molecular flexibility index (Phi) is 4.57. The van der Waals surface area contributed by atoms with E-state index in [9.17, 15) is 22.4 Å². The molecule has 1 saturated heterocycles. The van der Waals surface area contributed by atoms with Crippen LogP contribution in [0.15, 0.2) is 30.7 Å². The molecule has 32 heavy (non-hydrogen) atoms. The fourth-order valence-corrected chi connectivity index (χ4v) is 4.05. The molecule has 2 fully saturated rings. The summed E-state index contributed by atoms with van der Waals surface area (Å²) in [6, 6.07) is 3.85. The Balaban J connectivity index is 1.26. The zero-order chi connectivity index (χ0) is 22.7. The molecule has 170 valence electrons. The van der Waals surface area contributed by atoms with Crippen LogP contribution in [-0.4, -0.2) is 74.9 Å². The van der Waals surface area contributed by atoms with E-state index in [1.54, 1.807) is 17.1 Å². The zero-order valence-corrected chi connectivity index (χ0v) is 17.1. The molecule has 1 N–H and O–H groups in total. The third-order valence-electron chi connectivity index (χ3n) is 5.98. The Morgan fingerprint density at radius 2 is 1.97 bits per heavy atom. The number of hydrogen-bond acceptors (Lipinski definition) is 5. The van der Waals surface area contributed by atoms with Gasteiger partial charge in [-0.15, -0.1) is 0 Å². The number of H-pyrrole nitrogens is 1. The lowest BCUT2D eigenvalue weighted by Gasteiger charge is -2.43. The molecule has 0 radical (unpaired) electrons. The third kappa shape index (κ3) is 3.24. The van der Waals surface area contributed by atoms with Gasteiger partial charge < -0.3 is 19.5 Å². The van der Waals surface area contributed by atoms with Crippen molar-refractivity contribution in [1.29, 1.82) is 0 Å². The van der Waals surface area contributed by atoms with Gasteiger partial charge in [-0.05, 0) is 12.1 Å². The fourth-order valence-electron chi connectivity index (χ4n) is 4.05. The first-order chi connectivity index (χ1) is 15.2. The van der Waals surface area contributed by atoms with E-state index < -0.39 is 30.5 Å². The lowest BCUT2D eigenvalue weighted by Crippen LogP contribution is -2.64. The van der Waals surface area contributed by atoms with Crippen molar-refractivity contribution in [3.63, 3.8) is 0 Å². The van der Waals surface area contributed by atoms with Gasteiger partial charge in [0.1, 0.15) is 5.65 Å². The molecule has 0 bridgehead atoms. The lowest BCUT2D eigenvalue weighted by molar-refractivity contribution is -0.330.